The van der Waals surface area contributed by atoms with E-state index in [1.807, 2.05) is 55.5 Å². The number of carbonyl (C=O) groups excluding carboxylic acids is 1. The van der Waals surface area contributed by atoms with E-state index >= 15 is 0 Å². The lowest BCUT2D eigenvalue weighted by atomic mass is 10.1. The van der Waals surface area contributed by atoms with Gasteiger partial charge in [-0.15, -0.1) is 0 Å². The Balaban J connectivity index is 1.70. The molecule has 0 aliphatic carbocycles. The molecule has 5 nitrogen and oxygen atoms in total. The number of amides is 1. The molecule has 2 aromatic rings. The summed E-state index contributed by atoms with van der Waals surface area (Å²) in [6.07, 6.45) is 0.0710. The molecule has 1 fully saturated rings. The zero-order chi connectivity index (χ0) is 17.8. The molecular formula is C20H21NO4. The number of aliphatic carboxylic acids is 1. The zero-order valence-corrected chi connectivity index (χ0v) is 14.1. The highest BCUT2D eigenvalue weighted by Crippen LogP contribution is 2.25. The molecule has 130 valence electrons. The molecule has 3 rings (SSSR count). The molecule has 1 amide bonds. The smallest absolute Gasteiger partial charge is 0.308 e. The topological polar surface area (TPSA) is 66.8 Å². The molecule has 1 saturated heterocycles. The van der Waals surface area contributed by atoms with Crippen molar-refractivity contribution in [3.8, 4) is 5.75 Å². The van der Waals surface area contributed by atoms with Crippen molar-refractivity contribution in [1.29, 1.82) is 0 Å². The molecule has 0 spiro atoms. The van der Waals surface area contributed by atoms with Gasteiger partial charge in [0.1, 0.15) is 12.4 Å². The number of likely N-dealkylation sites (tertiary alicyclic amines) is 1. The van der Waals surface area contributed by atoms with Crippen molar-refractivity contribution in [3.63, 3.8) is 0 Å². The van der Waals surface area contributed by atoms with Gasteiger partial charge in [0.05, 0.1) is 5.92 Å². The average Bonchev–Trinajstić information content (AvgIpc) is 2.96. The first kappa shape index (κ1) is 17.0. The van der Waals surface area contributed by atoms with Crippen LogP contribution in [0.1, 0.15) is 23.1 Å². The summed E-state index contributed by atoms with van der Waals surface area (Å²) in [5.41, 5.74) is 3.16. The van der Waals surface area contributed by atoms with Crippen LogP contribution in [0.25, 0.3) is 0 Å². The van der Waals surface area contributed by atoms with E-state index in [9.17, 15) is 9.59 Å². The van der Waals surface area contributed by atoms with E-state index in [0.717, 1.165) is 16.9 Å². The third kappa shape index (κ3) is 3.99. The maximum Gasteiger partial charge on any atom is 0.308 e. The number of para-hydroxylation sites is 1. The van der Waals surface area contributed by atoms with Crippen molar-refractivity contribution >= 4 is 11.9 Å². The summed E-state index contributed by atoms with van der Waals surface area (Å²) >= 11 is 0. The second-order valence-electron chi connectivity index (χ2n) is 6.34. The number of carboxylic acids is 1. The third-order valence-electron chi connectivity index (χ3n) is 4.54. The van der Waals surface area contributed by atoms with Crippen molar-refractivity contribution in [2.75, 3.05) is 6.54 Å². The monoisotopic (exact) mass is 339 g/mol. The lowest BCUT2D eigenvalue weighted by molar-refractivity contribution is -0.141. The standard InChI is InChI=1S/C20H21NO4/c1-14-6-2-3-8-16(14)13-25-18-9-5-4-7-15(18)11-21-12-17(20(23)24)10-19(21)22/h2-9,17H,10-13H2,1H3,(H,23,24). The molecule has 0 radical (unpaired) electrons. The molecule has 0 bridgehead atoms. The Hall–Kier alpha value is -2.82. The Morgan fingerprint density at radius 2 is 1.84 bits per heavy atom. The van der Waals surface area contributed by atoms with Crippen LogP contribution in [0, 0.1) is 12.8 Å². The number of hydrogen-bond acceptors (Lipinski definition) is 3. The highest BCUT2D eigenvalue weighted by molar-refractivity contribution is 5.86. The van der Waals surface area contributed by atoms with E-state index in [2.05, 4.69) is 0 Å². The lowest BCUT2D eigenvalue weighted by Gasteiger charge is -2.19. The fourth-order valence-corrected chi connectivity index (χ4v) is 3.00. The highest BCUT2D eigenvalue weighted by atomic mass is 16.5. The average molecular weight is 339 g/mol. The van der Waals surface area contributed by atoms with Crippen LogP contribution in [0.5, 0.6) is 5.75 Å². The van der Waals surface area contributed by atoms with Crippen LogP contribution in [0.15, 0.2) is 48.5 Å². The van der Waals surface area contributed by atoms with Crippen LogP contribution in [-0.2, 0) is 22.7 Å². The van der Waals surface area contributed by atoms with E-state index in [4.69, 9.17) is 9.84 Å². The number of carboxylic acid groups (broad SMARTS) is 1. The van der Waals surface area contributed by atoms with Gasteiger partial charge in [-0.25, -0.2) is 0 Å². The maximum atomic E-state index is 12.1. The van der Waals surface area contributed by atoms with Gasteiger partial charge in [0.15, 0.2) is 0 Å². The SMILES string of the molecule is Cc1ccccc1COc1ccccc1CN1CC(C(=O)O)CC1=O. The molecule has 0 saturated carbocycles. The van der Waals surface area contributed by atoms with E-state index in [0.29, 0.717) is 13.2 Å². The quantitative estimate of drug-likeness (QED) is 0.878. The van der Waals surface area contributed by atoms with Crippen LogP contribution >= 0.6 is 0 Å². The van der Waals surface area contributed by atoms with Gasteiger partial charge in [-0.3, -0.25) is 9.59 Å². The highest BCUT2D eigenvalue weighted by Gasteiger charge is 2.34. The van der Waals surface area contributed by atoms with Crippen LogP contribution in [0.3, 0.4) is 0 Å². The molecule has 0 aromatic heterocycles. The second kappa shape index (κ2) is 7.38. The molecule has 1 atom stereocenters. The molecular weight excluding hydrogens is 318 g/mol. The first-order chi connectivity index (χ1) is 12.0. The molecule has 25 heavy (non-hydrogen) atoms. The Labute approximate surface area is 146 Å². The second-order valence-corrected chi connectivity index (χ2v) is 6.34. The summed E-state index contributed by atoms with van der Waals surface area (Å²) in [7, 11) is 0. The minimum absolute atomic E-state index is 0.0710. The van der Waals surface area contributed by atoms with Crippen LogP contribution in [0.2, 0.25) is 0 Å². The van der Waals surface area contributed by atoms with Crippen molar-refractivity contribution in [1.82, 2.24) is 4.90 Å². The third-order valence-corrected chi connectivity index (χ3v) is 4.54. The summed E-state index contributed by atoms with van der Waals surface area (Å²) in [5.74, 6) is -0.939. The van der Waals surface area contributed by atoms with Crippen molar-refractivity contribution in [2.45, 2.75) is 26.5 Å². The fraction of sp³-hybridized carbons (Fsp3) is 0.300. The Morgan fingerprint density at radius 1 is 1.16 bits per heavy atom. The van der Waals surface area contributed by atoms with Crippen LogP contribution in [0.4, 0.5) is 0 Å². The van der Waals surface area contributed by atoms with Crippen LogP contribution in [-0.4, -0.2) is 28.4 Å². The number of ether oxygens (including phenoxy) is 1. The normalized spacial score (nSPS) is 16.9. The molecule has 2 aromatic carbocycles. The van der Waals surface area contributed by atoms with E-state index in [1.54, 1.807) is 4.90 Å². The maximum absolute atomic E-state index is 12.1. The van der Waals surface area contributed by atoms with Crippen LogP contribution < -0.4 is 4.74 Å². The summed E-state index contributed by atoms with van der Waals surface area (Å²) in [5, 5.41) is 9.10. The van der Waals surface area contributed by atoms with E-state index < -0.39 is 11.9 Å². The van der Waals surface area contributed by atoms with Crippen molar-refractivity contribution in [2.24, 2.45) is 5.92 Å². The summed E-state index contributed by atoms with van der Waals surface area (Å²) in [4.78, 5) is 24.7. The molecule has 1 heterocycles. The van der Waals surface area contributed by atoms with E-state index in [-0.39, 0.29) is 18.9 Å². The number of rotatable bonds is 6. The Kier molecular flexibility index (Phi) is 5.03. The molecule has 5 heteroatoms. The predicted octanol–water partition coefficient (Wildman–Crippen LogP) is 3.01. The van der Waals surface area contributed by atoms with Gasteiger partial charge in [0.25, 0.3) is 0 Å². The Bertz CT molecular complexity index is 787. The minimum atomic E-state index is -0.917. The lowest BCUT2D eigenvalue weighted by Crippen LogP contribution is -2.26. The van der Waals surface area contributed by atoms with Gasteiger partial charge in [-0.05, 0) is 24.1 Å². The van der Waals surface area contributed by atoms with Gasteiger partial charge >= 0.3 is 5.97 Å². The fourth-order valence-electron chi connectivity index (χ4n) is 3.00. The molecule has 1 N–H and O–H groups in total. The summed E-state index contributed by atoms with van der Waals surface area (Å²) in [6, 6.07) is 15.6. The first-order valence-electron chi connectivity index (χ1n) is 8.30. The number of hydrogen-bond donors (Lipinski definition) is 1. The van der Waals surface area contributed by atoms with Gasteiger partial charge in [-0.2, -0.15) is 0 Å². The van der Waals surface area contributed by atoms with Gasteiger partial charge in [-0.1, -0.05) is 42.5 Å². The number of aryl methyl sites for hydroxylation is 1. The van der Waals surface area contributed by atoms with Gasteiger partial charge in [0, 0.05) is 25.1 Å². The Morgan fingerprint density at radius 3 is 2.52 bits per heavy atom. The molecule has 1 aliphatic heterocycles. The number of nitrogens with zero attached hydrogens (tertiary/aromatic N) is 1. The summed E-state index contributed by atoms with van der Waals surface area (Å²) in [6.45, 7) is 3.11. The van der Waals surface area contributed by atoms with Gasteiger partial charge in [0.2, 0.25) is 5.91 Å². The van der Waals surface area contributed by atoms with E-state index in [1.165, 1.54) is 5.56 Å². The minimum Gasteiger partial charge on any atom is -0.489 e. The van der Waals surface area contributed by atoms with Crippen molar-refractivity contribution in [3.05, 3.63) is 65.2 Å². The molecule has 1 aliphatic rings. The largest absolute Gasteiger partial charge is 0.489 e. The molecule has 1 unspecified atom stereocenters. The van der Waals surface area contributed by atoms with Crippen molar-refractivity contribution < 1.29 is 19.4 Å². The zero-order valence-electron chi connectivity index (χ0n) is 14.1. The van der Waals surface area contributed by atoms with Gasteiger partial charge < -0.3 is 14.7 Å². The summed E-state index contributed by atoms with van der Waals surface area (Å²) < 4.78 is 5.97. The number of carbonyl (C=O) groups is 2. The number of benzene rings is 2. The predicted molar refractivity (Wildman–Crippen MR) is 93.1 cm³/mol. The first-order valence-corrected chi connectivity index (χ1v) is 8.30.